The summed E-state index contributed by atoms with van der Waals surface area (Å²) < 4.78 is 11.3. The van der Waals surface area contributed by atoms with Gasteiger partial charge in [0.05, 0.1) is 18.8 Å². The van der Waals surface area contributed by atoms with E-state index in [1.165, 1.54) is 5.56 Å². The zero-order valence-corrected chi connectivity index (χ0v) is 8.93. The average Bonchev–Trinajstić information content (AvgIpc) is 3.07. The van der Waals surface area contributed by atoms with E-state index in [1.807, 2.05) is 0 Å². The van der Waals surface area contributed by atoms with Gasteiger partial charge in [0, 0.05) is 12.3 Å². The molecule has 0 amide bonds. The molecule has 3 rings (SSSR count). The minimum Gasteiger partial charge on any atom is -0.375 e. The van der Waals surface area contributed by atoms with Crippen LogP contribution in [-0.2, 0) is 9.47 Å². The molecule has 2 saturated heterocycles. The van der Waals surface area contributed by atoms with Gasteiger partial charge in [-0.1, -0.05) is 37.3 Å². The lowest BCUT2D eigenvalue weighted by atomic mass is 9.91. The Kier molecular flexibility index (Phi) is 2.26. The van der Waals surface area contributed by atoms with Crippen molar-refractivity contribution in [1.82, 2.24) is 0 Å². The standard InChI is InChI=1S/C13H16O2/c1-9(10-5-3-2-4-6-10)11-7-12-13(15-12)8-14-11/h2-6,9,11-13H,7-8H2,1H3/t9-,11+,12?,13-/m1/s1. The smallest absolute Gasteiger partial charge is 0.108 e. The highest BCUT2D eigenvalue weighted by Crippen LogP contribution is 2.37. The average molecular weight is 204 g/mol. The minimum atomic E-state index is 0.330. The Morgan fingerprint density at radius 3 is 2.73 bits per heavy atom. The summed E-state index contributed by atoms with van der Waals surface area (Å²) in [6.45, 7) is 3.02. The molecule has 2 heterocycles. The van der Waals surface area contributed by atoms with Crippen LogP contribution in [0.2, 0.25) is 0 Å². The second-order valence-electron chi connectivity index (χ2n) is 4.52. The fourth-order valence-corrected chi connectivity index (χ4v) is 2.37. The molecule has 0 aliphatic carbocycles. The molecule has 0 spiro atoms. The summed E-state index contributed by atoms with van der Waals surface area (Å²) in [5.41, 5.74) is 1.36. The molecular formula is C13H16O2. The van der Waals surface area contributed by atoms with Gasteiger partial charge in [0.2, 0.25) is 0 Å². The first-order valence-electron chi connectivity index (χ1n) is 5.66. The number of rotatable bonds is 2. The molecule has 0 radical (unpaired) electrons. The van der Waals surface area contributed by atoms with Crippen molar-refractivity contribution in [3.8, 4) is 0 Å². The molecule has 0 bridgehead atoms. The predicted molar refractivity (Wildman–Crippen MR) is 57.9 cm³/mol. The molecule has 1 aromatic rings. The molecule has 4 atom stereocenters. The summed E-state index contributed by atoms with van der Waals surface area (Å²) in [6.07, 6.45) is 2.27. The van der Waals surface area contributed by atoms with E-state index in [2.05, 4.69) is 37.3 Å². The highest BCUT2D eigenvalue weighted by atomic mass is 16.6. The Morgan fingerprint density at radius 2 is 2.00 bits per heavy atom. The third-order valence-corrected chi connectivity index (χ3v) is 3.51. The summed E-state index contributed by atoms with van der Waals surface area (Å²) in [5.74, 6) is 0.469. The Labute approximate surface area is 90.2 Å². The molecule has 15 heavy (non-hydrogen) atoms. The van der Waals surface area contributed by atoms with Gasteiger partial charge >= 0.3 is 0 Å². The summed E-state index contributed by atoms with van der Waals surface area (Å²) in [5, 5.41) is 0. The lowest BCUT2D eigenvalue weighted by molar-refractivity contribution is 0.0156. The number of benzene rings is 1. The Bertz CT molecular complexity index is 336. The second kappa shape index (κ2) is 3.62. The highest BCUT2D eigenvalue weighted by molar-refractivity contribution is 5.20. The van der Waals surface area contributed by atoms with Crippen molar-refractivity contribution in [2.45, 2.75) is 37.6 Å². The van der Waals surface area contributed by atoms with E-state index in [-0.39, 0.29) is 0 Å². The number of ether oxygens (including phenoxy) is 2. The molecule has 1 aromatic carbocycles. The van der Waals surface area contributed by atoms with E-state index in [4.69, 9.17) is 9.47 Å². The summed E-state index contributed by atoms with van der Waals surface area (Å²) >= 11 is 0. The fraction of sp³-hybridized carbons (Fsp3) is 0.538. The molecule has 0 saturated carbocycles. The zero-order chi connectivity index (χ0) is 10.3. The molecule has 2 aliphatic rings. The molecule has 2 nitrogen and oxygen atoms in total. The largest absolute Gasteiger partial charge is 0.375 e. The van der Waals surface area contributed by atoms with Gasteiger partial charge in [-0.05, 0) is 5.56 Å². The quantitative estimate of drug-likeness (QED) is 0.690. The molecule has 0 N–H and O–H groups in total. The Hall–Kier alpha value is -0.860. The topological polar surface area (TPSA) is 21.8 Å². The lowest BCUT2D eigenvalue weighted by Gasteiger charge is -2.26. The van der Waals surface area contributed by atoms with E-state index in [9.17, 15) is 0 Å². The van der Waals surface area contributed by atoms with Crippen LogP contribution in [0.1, 0.15) is 24.8 Å². The monoisotopic (exact) mass is 204 g/mol. The molecular weight excluding hydrogens is 188 g/mol. The van der Waals surface area contributed by atoms with E-state index in [1.54, 1.807) is 0 Å². The van der Waals surface area contributed by atoms with Gasteiger partial charge < -0.3 is 9.47 Å². The third-order valence-electron chi connectivity index (χ3n) is 3.51. The van der Waals surface area contributed by atoms with Crippen LogP contribution in [0, 0.1) is 0 Å². The molecule has 2 aliphatic heterocycles. The highest BCUT2D eigenvalue weighted by Gasteiger charge is 2.46. The van der Waals surface area contributed by atoms with Gasteiger partial charge in [0.1, 0.15) is 6.10 Å². The summed E-state index contributed by atoms with van der Waals surface area (Å²) in [6, 6.07) is 10.6. The minimum absolute atomic E-state index is 0.330. The number of epoxide rings is 1. The first-order valence-corrected chi connectivity index (χ1v) is 5.66. The van der Waals surface area contributed by atoms with E-state index in [0.29, 0.717) is 24.2 Å². The van der Waals surface area contributed by atoms with Crippen LogP contribution in [0.15, 0.2) is 30.3 Å². The first-order chi connectivity index (χ1) is 7.34. The Balaban J connectivity index is 1.71. The van der Waals surface area contributed by atoms with Crippen LogP contribution in [0.5, 0.6) is 0 Å². The van der Waals surface area contributed by atoms with Crippen molar-refractivity contribution in [3.05, 3.63) is 35.9 Å². The van der Waals surface area contributed by atoms with Crippen molar-refractivity contribution in [3.63, 3.8) is 0 Å². The van der Waals surface area contributed by atoms with E-state index < -0.39 is 0 Å². The van der Waals surface area contributed by atoms with Crippen LogP contribution < -0.4 is 0 Å². The molecule has 2 fully saturated rings. The predicted octanol–water partition coefficient (Wildman–Crippen LogP) is 2.35. The lowest BCUT2D eigenvalue weighted by Crippen LogP contribution is -2.29. The number of hydrogen-bond donors (Lipinski definition) is 0. The van der Waals surface area contributed by atoms with Crippen molar-refractivity contribution in [2.24, 2.45) is 0 Å². The number of hydrogen-bond acceptors (Lipinski definition) is 2. The van der Waals surface area contributed by atoms with Crippen LogP contribution >= 0.6 is 0 Å². The van der Waals surface area contributed by atoms with Gasteiger partial charge in [-0.3, -0.25) is 0 Å². The van der Waals surface area contributed by atoms with E-state index in [0.717, 1.165) is 13.0 Å². The Morgan fingerprint density at radius 1 is 1.20 bits per heavy atom. The molecule has 2 heteroatoms. The van der Waals surface area contributed by atoms with Crippen molar-refractivity contribution in [1.29, 1.82) is 0 Å². The first kappa shape index (κ1) is 9.37. The maximum atomic E-state index is 5.82. The van der Waals surface area contributed by atoms with Crippen LogP contribution in [0.4, 0.5) is 0 Å². The second-order valence-corrected chi connectivity index (χ2v) is 4.52. The van der Waals surface area contributed by atoms with Gasteiger partial charge in [0.15, 0.2) is 0 Å². The molecule has 80 valence electrons. The van der Waals surface area contributed by atoms with Crippen LogP contribution in [-0.4, -0.2) is 24.9 Å². The normalized spacial score (nSPS) is 35.7. The maximum Gasteiger partial charge on any atom is 0.108 e. The van der Waals surface area contributed by atoms with Gasteiger partial charge in [-0.15, -0.1) is 0 Å². The summed E-state index contributed by atoms with van der Waals surface area (Å²) in [7, 11) is 0. The molecule has 1 unspecified atom stereocenters. The van der Waals surface area contributed by atoms with Crippen molar-refractivity contribution >= 4 is 0 Å². The van der Waals surface area contributed by atoms with Crippen LogP contribution in [0.25, 0.3) is 0 Å². The summed E-state index contributed by atoms with van der Waals surface area (Å²) in [4.78, 5) is 0. The fourth-order valence-electron chi connectivity index (χ4n) is 2.37. The van der Waals surface area contributed by atoms with Gasteiger partial charge in [-0.25, -0.2) is 0 Å². The van der Waals surface area contributed by atoms with Gasteiger partial charge in [0.25, 0.3) is 0 Å². The SMILES string of the molecule is C[C@H](c1ccccc1)[C@@H]1CC2O[C@@H]2CO1. The van der Waals surface area contributed by atoms with Crippen LogP contribution in [0.3, 0.4) is 0 Å². The number of fused-ring (bicyclic) bond motifs is 1. The van der Waals surface area contributed by atoms with Crippen molar-refractivity contribution < 1.29 is 9.47 Å². The van der Waals surface area contributed by atoms with Crippen molar-refractivity contribution in [2.75, 3.05) is 6.61 Å². The van der Waals surface area contributed by atoms with Gasteiger partial charge in [-0.2, -0.15) is 0 Å². The third kappa shape index (κ3) is 1.80. The maximum absolute atomic E-state index is 5.82. The van der Waals surface area contributed by atoms with E-state index >= 15 is 0 Å². The zero-order valence-electron chi connectivity index (χ0n) is 8.93. The molecule has 0 aromatic heterocycles.